The van der Waals surface area contributed by atoms with Gasteiger partial charge in [-0.15, -0.1) is 0 Å². The first-order chi connectivity index (χ1) is 8.22. The maximum absolute atomic E-state index is 10.7. The van der Waals surface area contributed by atoms with E-state index in [-0.39, 0.29) is 12.5 Å². The molecule has 0 saturated heterocycles. The minimum absolute atomic E-state index is 0.0765. The number of carboxylic acids is 1. The molecule has 0 aliphatic carbocycles. The molecule has 0 fully saturated rings. The van der Waals surface area contributed by atoms with Crippen LogP contribution in [-0.4, -0.2) is 23.7 Å². The highest BCUT2D eigenvalue weighted by Crippen LogP contribution is 2.07. The van der Waals surface area contributed by atoms with Crippen LogP contribution in [0.5, 0.6) is 0 Å². The number of benzene rings is 1. The lowest BCUT2D eigenvalue weighted by Gasteiger charge is -2.16. The fourth-order valence-electron chi connectivity index (χ4n) is 1.82. The maximum atomic E-state index is 10.7. The number of aryl methyl sites for hydroxylation is 1. The van der Waals surface area contributed by atoms with Gasteiger partial charge in [0.1, 0.15) is 0 Å². The van der Waals surface area contributed by atoms with Crippen LogP contribution >= 0.6 is 0 Å². The van der Waals surface area contributed by atoms with Crippen molar-refractivity contribution < 1.29 is 9.90 Å². The van der Waals surface area contributed by atoms with E-state index in [4.69, 9.17) is 5.11 Å². The summed E-state index contributed by atoms with van der Waals surface area (Å²) >= 11 is 0. The normalized spacial score (nSPS) is 12.3. The summed E-state index contributed by atoms with van der Waals surface area (Å²) in [6.45, 7) is 2.97. The van der Waals surface area contributed by atoms with Crippen molar-refractivity contribution in [2.24, 2.45) is 0 Å². The third-order valence-corrected chi connectivity index (χ3v) is 2.73. The number of rotatable bonds is 8. The van der Waals surface area contributed by atoms with Crippen LogP contribution in [0.1, 0.15) is 31.7 Å². The number of hydrogen-bond donors (Lipinski definition) is 2. The van der Waals surface area contributed by atoms with Crippen molar-refractivity contribution in [3.8, 4) is 0 Å². The van der Waals surface area contributed by atoms with E-state index in [0.29, 0.717) is 0 Å². The number of aliphatic carboxylic acids is 1. The maximum Gasteiger partial charge on any atom is 0.304 e. The first-order valence-corrected chi connectivity index (χ1v) is 6.21. The summed E-state index contributed by atoms with van der Waals surface area (Å²) in [6.07, 6.45) is 3.03. The Kier molecular flexibility index (Phi) is 6.33. The van der Waals surface area contributed by atoms with Gasteiger partial charge in [-0.05, 0) is 31.4 Å². The number of carboxylic acid groups (broad SMARTS) is 1. The molecule has 0 bridgehead atoms. The number of hydrogen-bond acceptors (Lipinski definition) is 2. The Morgan fingerprint density at radius 2 is 2.06 bits per heavy atom. The van der Waals surface area contributed by atoms with Gasteiger partial charge in [-0.1, -0.05) is 37.3 Å². The minimum Gasteiger partial charge on any atom is -0.481 e. The monoisotopic (exact) mass is 235 g/mol. The SMILES string of the molecule is CCCNC(CCc1ccccc1)CC(=O)O. The molecule has 0 spiro atoms. The third kappa shape index (κ3) is 6.07. The van der Waals surface area contributed by atoms with Gasteiger partial charge in [-0.25, -0.2) is 0 Å². The molecular weight excluding hydrogens is 214 g/mol. The Labute approximate surface area is 103 Å². The first-order valence-electron chi connectivity index (χ1n) is 6.21. The lowest BCUT2D eigenvalue weighted by molar-refractivity contribution is -0.137. The van der Waals surface area contributed by atoms with Crippen LogP contribution in [0.25, 0.3) is 0 Å². The molecule has 0 amide bonds. The lowest BCUT2D eigenvalue weighted by Crippen LogP contribution is -2.32. The minimum atomic E-state index is -0.730. The van der Waals surface area contributed by atoms with Gasteiger partial charge in [0.2, 0.25) is 0 Å². The van der Waals surface area contributed by atoms with E-state index in [2.05, 4.69) is 24.4 Å². The van der Waals surface area contributed by atoms with Crippen LogP contribution in [0.15, 0.2) is 30.3 Å². The molecule has 17 heavy (non-hydrogen) atoms. The summed E-state index contributed by atoms with van der Waals surface area (Å²) in [6, 6.07) is 10.3. The van der Waals surface area contributed by atoms with E-state index >= 15 is 0 Å². The average molecular weight is 235 g/mol. The quantitative estimate of drug-likeness (QED) is 0.727. The predicted molar refractivity (Wildman–Crippen MR) is 69.1 cm³/mol. The molecule has 1 unspecified atom stereocenters. The molecule has 1 atom stereocenters. The molecule has 0 aromatic heterocycles. The second-order valence-corrected chi connectivity index (χ2v) is 4.27. The highest BCUT2D eigenvalue weighted by molar-refractivity contribution is 5.67. The summed E-state index contributed by atoms with van der Waals surface area (Å²) < 4.78 is 0. The van der Waals surface area contributed by atoms with Gasteiger partial charge in [-0.3, -0.25) is 4.79 Å². The Bertz CT molecular complexity index is 324. The molecule has 1 aromatic carbocycles. The van der Waals surface area contributed by atoms with Crippen molar-refractivity contribution in [1.82, 2.24) is 5.32 Å². The van der Waals surface area contributed by atoms with Gasteiger partial charge in [0.15, 0.2) is 0 Å². The highest BCUT2D eigenvalue weighted by Gasteiger charge is 2.11. The van der Waals surface area contributed by atoms with Gasteiger partial charge in [0, 0.05) is 6.04 Å². The van der Waals surface area contributed by atoms with E-state index in [0.717, 1.165) is 25.8 Å². The van der Waals surface area contributed by atoms with Crippen molar-refractivity contribution >= 4 is 5.97 Å². The Hall–Kier alpha value is -1.35. The van der Waals surface area contributed by atoms with Crippen molar-refractivity contribution in [1.29, 1.82) is 0 Å². The molecule has 3 nitrogen and oxygen atoms in total. The van der Waals surface area contributed by atoms with Crippen LogP contribution in [0, 0.1) is 0 Å². The van der Waals surface area contributed by atoms with Gasteiger partial charge < -0.3 is 10.4 Å². The van der Waals surface area contributed by atoms with Gasteiger partial charge in [0.25, 0.3) is 0 Å². The average Bonchev–Trinajstić information content (AvgIpc) is 2.33. The standard InChI is InChI=1S/C14H21NO2/c1-2-10-15-13(11-14(16)17)9-8-12-6-4-3-5-7-12/h3-7,13,15H,2,8-11H2,1H3,(H,16,17). The van der Waals surface area contributed by atoms with Crippen molar-refractivity contribution in [2.75, 3.05) is 6.54 Å². The zero-order chi connectivity index (χ0) is 12.5. The molecule has 0 aliphatic heterocycles. The summed E-state index contributed by atoms with van der Waals surface area (Å²) in [5.41, 5.74) is 1.26. The Balaban J connectivity index is 2.40. The topological polar surface area (TPSA) is 49.3 Å². The molecule has 1 rings (SSSR count). The fourth-order valence-corrected chi connectivity index (χ4v) is 1.82. The lowest BCUT2D eigenvalue weighted by atomic mass is 10.0. The molecule has 94 valence electrons. The summed E-state index contributed by atoms with van der Waals surface area (Å²) in [5, 5.41) is 12.1. The van der Waals surface area contributed by atoms with Gasteiger partial charge in [-0.2, -0.15) is 0 Å². The fraction of sp³-hybridized carbons (Fsp3) is 0.500. The van der Waals surface area contributed by atoms with Crippen LogP contribution in [0.4, 0.5) is 0 Å². The van der Waals surface area contributed by atoms with Crippen molar-refractivity contribution in [2.45, 2.75) is 38.6 Å². The zero-order valence-electron chi connectivity index (χ0n) is 10.4. The van der Waals surface area contributed by atoms with Crippen LogP contribution in [-0.2, 0) is 11.2 Å². The second-order valence-electron chi connectivity index (χ2n) is 4.27. The molecule has 0 aliphatic rings. The van der Waals surface area contributed by atoms with Crippen molar-refractivity contribution in [3.05, 3.63) is 35.9 Å². The van der Waals surface area contributed by atoms with E-state index in [1.807, 2.05) is 18.2 Å². The smallest absolute Gasteiger partial charge is 0.304 e. The number of carbonyl (C=O) groups is 1. The summed E-state index contributed by atoms with van der Waals surface area (Å²) in [7, 11) is 0. The highest BCUT2D eigenvalue weighted by atomic mass is 16.4. The van der Waals surface area contributed by atoms with Gasteiger partial charge >= 0.3 is 5.97 Å². The van der Waals surface area contributed by atoms with Crippen molar-refractivity contribution in [3.63, 3.8) is 0 Å². The van der Waals surface area contributed by atoms with E-state index in [1.165, 1.54) is 5.56 Å². The van der Waals surface area contributed by atoms with Crippen LogP contribution < -0.4 is 5.32 Å². The van der Waals surface area contributed by atoms with E-state index < -0.39 is 5.97 Å². The predicted octanol–water partition coefficient (Wildman–Crippen LogP) is 2.46. The summed E-state index contributed by atoms with van der Waals surface area (Å²) in [4.78, 5) is 10.7. The molecule has 1 aromatic rings. The largest absolute Gasteiger partial charge is 0.481 e. The third-order valence-electron chi connectivity index (χ3n) is 2.73. The molecule has 2 N–H and O–H groups in total. The Morgan fingerprint density at radius 1 is 1.35 bits per heavy atom. The van der Waals surface area contributed by atoms with E-state index in [9.17, 15) is 4.79 Å². The molecule has 0 heterocycles. The summed E-state index contributed by atoms with van der Waals surface area (Å²) in [5.74, 6) is -0.730. The zero-order valence-corrected chi connectivity index (χ0v) is 10.4. The Morgan fingerprint density at radius 3 is 2.65 bits per heavy atom. The molecular formula is C14H21NO2. The van der Waals surface area contributed by atoms with Crippen LogP contribution in [0.2, 0.25) is 0 Å². The first kappa shape index (κ1) is 13.7. The molecule has 0 radical (unpaired) electrons. The second kappa shape index (κ2) is 7.85. The van der Waals surface area contributed by atoms with E-state index in [1.54, 1.807) is 0 Å². The molecule has 0 saturated carbocycles. The number of nitrogens with one attached hydrogen (secondary N) is 1. The molecule has 3 heteroatoms. The van der Waals surface area contributed by atoms with Gasteiger partial charge in [0.05, 0.1) is 6.42 Å². The van der Waals surface area contributed by atoms with Crippen LogP contribution in [0.3, 0.4) is 0 Å².